The number of hydrogen-bond acceptors (Lipinski definition) is 3. The molecule has 19 heavy (non-hydrogen) atoms. The van der Waals surface area contributed by atoms with Crippen molar-refractivity contribution < 1.29 is 4.79 Å². The second-order valence-corrected chi connectivity index (χ2v) is 4.94. The molecule has 4 heteroatoms. The van der Waals surface area contributed by atoms with E-state index in [-0.39, 0.29) is 5.78 Å². The molecular formula is C15H19N3O. The van der Waals surface area contributed by atoms with Gasteiger partial charge in [-0.3, -0.25) is 9.48 Å². The second kappa shape index (κ2) is 5.26. The van der Waals surface area contributed by atoms with Gasteiger partial charge in [0, 0.05) is 38.1 Å². The lowest BCUT2D eigenvalue weighted by Gasteiger charge is -2.12. The standard InChI is InChI=1S/C15H19N3O/c1-11-9-14(18(4)16-11)10-15(19)12-5-7-13(8-6-12)17(2)3/h5-9H,10H2,1-4H3. The molecule has 0 radical (unpaired) electrons. The summed E-state index contributed by atoms with van der Waals surface area (Å²) in [7, 11) is 5.83. The number of ketones is 1. The number of nitrogens with zero attached hydrogens (tertiary/aromatic N) is 3. The van der Waals surface area contributed by atoms with E-state index < -0.39 is 0 Å². The Morgan fingerprint density at radius 1 is 1.26 bits per heavy atom. The lowest BCUT2D eigenvalue weighted by atomic mass is 10.1. The van der Waals surface area contributed by atoms with Gasteiger partial charge in [-0.1, -0.05) is 0 Å². The van der Waals surface area contributed by atoms with Crippen molar-refractivity contribution in [2.45, 2.75) is 13.3 Å². The van der Waals surface area contributed by atoms with Crippen molar-refractivity contribution in [1.82, 2.24) is 9.78 Å². The quantitative estimate of drug-likeness (QED) is 0.788. The number of hydrogen-bond donors (Lipinski definition) is 0. The van der Waals surface area contributed by atoms with Gasteiger partial charge in [-0.15, -0.1) is 0 Å². The van der Waals surface area contributed by atoms with Crippen LogP contribution < -0.4 is 4.90 Å². The van der Waals surface area contributed by atoms with E-state index >= 15 is 0 Å². The van der Waals surface area contributed by atoms with E-state index in [0.29, 0.717) is 6.42 Å². The minimum atomic E-state index is 0.119. The molecule has 0 fully saturated rings. The van der Waals surface area contributed by atoms with Gasteiger partial charge in [0.25, 0.3) is 0 Å². The SMILES string of the molecule is Cc1cc(CC(=O)c2ccc(N(C)C)cc2)n(C)n1. The van der Waals surface area contributed by atoms with Gasteiger partial charge in [-0.25, -0.2) is 0 Å². The minimum Gasteiger partial charge on any atom is -0.378 e. The summed E-state index contributed by atoms with van der Waals surface area (Å²) >= 11 is 0. The molecular weight excluding hydrogens is 238 g/mol. The lowest BCUT2D eigenvalue weighted by molar-refractivity contribution is 0.0991. The van der Waals surface area contributed by atoms with Gasteiger partial charge in [-0.05, 0) is 37.3 Å². The number of Topliss-reactive ketones (excluding diaryl/α,β-unsaturated/α-hetero) is 1. The number of carbonyl (C=O) groups is 1. The molecule has 0 saturated heterocycles. The number of benzene rings is 1. The zero-order valence-electron chi connectivity index (χ0n) is 11.8. The molecule has 0 spiro atoms. The summed E-state index contributed by atoms with van der Waals surface area (Å²) in [4.78, 5) is 14.2. The van der Waals surface area contributed by atoms with Crippen molar-refractivity contribution in [1.29, 1.82) is 0 Å². The number of carbonyl (C=O) groups excluding carboxylic acids is 1. The van der Waals surface area contributed by atoms with E-state index in [9.17, 15) is 4.79 Å². The van der Waals surface area contributed by atoms with Crippen LogP contribution in [0, 0.1) is 6.92 Å². The first-order valence-electron chi connectivity index (χ1n) is 6.27. The molecule has 0 amide bonds. The van der Waals surface area contributed by atoms with Crippen LogP contribution in [-0.4, -0.2) is 29.7 Å². The van der Waals surface area contributed by atoms with E-state index in [1.807, 2.05) is 63.3 Å². The molecule has 0 bridgehead atoms. The van der Waals surface area contributed by atoms with Crippen LogP contribution in [0.2, 0.25) is 0 Å². The average molecular weight is 257 g/mol. The fourth-order valence-electron chi connectivity index (χ4n) is 2.04. The van der Waals surface area contributed by atoms with E-state index in [0.717, 1.165) is 22.6 Å². The van der Waals surface area contributed by atoms with Crippen molar-refractivity contribution in [2.75, 3.05) is 19.0 Å². The summed E-state index contributed by atoms with van der Waals surface area (Å²) in [6.45, 7) is 1.93. The molecule has 1 aromatic heterocycles. The maximum absolute atomic E-state index is 12.2. The first-order chi connectivity index (χ1) is 8.97. The third-order valence-electron chi connectivity index (χ3n) is 3.15. The van der Waals surface area contributed by atoms with Crippen LogP contribution in [0.25, 0.3) is 0 Å². The van der Waals surface area contributed by atoms with Gasteiger partial charge in [-0.2, -0.15) is 5.10 Å². The summed E-state index contributed by atoms with van der Waals surface area (Å²) in [5.74, 6) is 0.119. The fourth-order valence-corrected chi connectivity index (χ4v) is 2.04. The fraction of sp³-hybridized carbons (Fsp3) is 0.333. The smallest absolute Gasteiger partial charge is 0.168 e. The van der Waals surface area contributed by atoms with Crippen molar-refractivity contribution in [3.05, 3.63) is 47.3 Å². The zero-order chi connectivity index (χ0) is 14.0. The van der Waals surface area contributed by atoms with E-state index in [1.165, 1.54) is 0 Å². The molecule has 0 atom stereocenters. The molecule has 0 aliphatic carbocycles. The summed E-state index contributed by atoms with van der Waals surface area (Å²) in [5.41, 5.74) is 3.71. The van der Waals surface area contributed by atoms with Crippen molar-refractivity contribution >= 4 is 11.5 Å². The normalized spacial score (nSPS) is 10.5. The van der Waals surface area contributed by atoms with E-state index in [1.54, 1.807) is 4.68 Å². The Hall–Kier alpha value is -2.10. The van der Waals surface area contributed by atoms with Crippen LogP contribution in [-0.2, 0) is 13.5 Å². The zero-order valence-corrected chi connectivity index (χ0v) is 11.8. The Morgan fingerprint density at radius 3 is 2.37 bits per heavy atom. The Bertz CT molecular complexity index is 582. The Kier molecular flexibility index (Phi) is 3.69. The van der Waals surface area contributed by atoms with Crippen LogP contribution in [0.3, 0.4) is 0 Å². The van der Waals surface area contributed by atoms with Crippen molar-refractivity contribution in [3.63, 3.8) is 0 Å². The first kappa shape index (κ1) is 13.3. The third kappa shape index (κ3) is 3.02. The predicted octanol–water partition coefficient (Wildman–Crippen LogP) is 2.22. The maximum atomic E-state index is 12.2. The molecule has 0 saturated carbocycles. The number of anilines is 1. The van der Waals surface area contributed by atoms with Crippen molar-refractivity contribution in [2.24, 2.45) is 7.05 Å². The highest BCUT2D eigenvalue weighted by molar-refractivity contribution is 5.97. The molecule has 0 aliphatic rings. The molecule has 2 rings (SSSR count). The number of rotatable bonds is 4. The van der Waals surface area contributed by atoms with Gasteiger partial charge in [0.05, 0.1) is 12.1 Å². The second-order valence-electron chi connectivity index (χ2n) is 4.94. The maximum Gasteiger partial charge on any atom is 0.168 e. The summed E-state index contributed by atoms with van der Waals surface area (Å²) < 4.78 is 1.77. The van der Waals surface area contributed by atoms with Crippen LogP contribution in [0.5, 0.6) is 0 Å². The topological polar surface area (TPSA) is 38.1 Å². The summed E-state index contributed by atoms with van der Waals surface area (Å²) in [6.07, 6.45) is 0.388. The molecule has 1 heterocycles. The van der Waals surface area contributed by atoms with E-state index in [4.69, 9.17) is 0 Å². The van der Waals surface area contributed by atoms with Gasteiger partial charge < -0.3 is 4.90 Å². The number of aromatic nitrogens is 2. The van der Waals surface area contributed by atoms with Gasteiger partial charge in [0.1, 0.15) is 0 Å². The first-order valence-corrected chi connectivity index (χ1v) is 6.27. The molecule has 100 valence electrons. The Balaban J connectivity index is 2.14. The van der Waals surface area contributed by atoms with E-state index in [2.05, 4.69) is 5.10 Å². The Labute approximate surface area is 113 Å². The van der Waals surface area contributed by atoms with Gasteiger partial charge in [0.2, 0.25) is 0 Å². The Morgan fingerprint density at radius 2 is 1.89 bits per heavy atom. The monoisotopic (exact) mass is 257 g/mol. The summed E-state index contributed by atoms with van der Waals surface area (Å²) in [6, 6.07) is 9.62. The molecule has 0 aliphatic heterocycles. The highest BCUT2D eigenvalue weighted by Gasteiger charge is 2.10. The molecule has 0 N–H and O–H groups in total. The predicted molar refractivity (Wildman–Crippen MR) is 76.7 cm³/mol. The molecule has 0 unspecified atom stereocenters. The average Bonchev–Trinajstić information content (AvgIpc) is 2.68. The van der Waals surface area contributed by atoms with Gasteiger partial charge >= 0.3 is 0 Å². The molecule has 1 aromatic carbocycles. The van der Waals surface area contributed by atoms with Crippen molar-refractivity contribution in [3.8, 4) is 0 Å². The number of aryl methyl sites for hydroxylation is 2. The van der Waals surface area contributed by atoms with Gasteiger partial charge in [0.15, 0.2) is 5.78 Å². The van der Waals surface area contributed by atoms with Crippen LogP contribution >= 0.6 is 0 Å². The minimum absolute atomic E-state index is 0.119. The highest BCUT2D eigenvalue weighted by atomic mass is 16.1. The third-order valence-corrected chi connectivity index (χ3v) is 3.15. The van der Waals surface area contributed by atoms with Crippen LogP contribution in [0.1, 0.15) is 21.7 Å². The largest absolute Gasteiger partial charge is 0.378 e. The summed E-state index contributed by atoms with van der Waals surface area (Å²) in [5, 5.41) is 4.25. The molecule has 4 nitrogen and oxygen atoms in total. The lowest BCUT2D eigenvalue weighted by Crippen LogP contribution is -2.10. The highest BCUT2D eigenvalue weighted by Crippen LogP contribution is 2.14. The van der Waals surface area contributed by atoms with Crippen LogP contribution in [0.15, 0.2) is 30.3 Å². The molecule has 2 aromatic rings. The van der Waals surface area contributed by atoms with Crippen LogP contribution in [0.4, 0.5) is 5.69 Å².